The summed E-state index contributed by atoms with van der Waals surface area (Å²) in [6.07, 6.45) is 7.27. The highest BCUT2D eigenvalue weighted by Gasteiger charge is 2.20. The maximum absolute atomic E-state index is 9.29. The van der Waals surface area contributed by atoms with E-state index in [2.05, 4.69) is 4.99 Å². The first-order valence-electron chi connectivity index (χ1n) is 3.77. The van der Waals surface area contributed by atoms with Gasteiger partial charge >= 0.3 is 0 Å². The highest BCUT2D eigenvalue weighted by molar-refractivity contribution is 8.17. The van der Waals surface area contributed by atoms with E-state index in [0.29, 0.717) is 5.76 Å². The molecule has 1 atom stereocenters. The molecule has 0 saturated carbocycles. The minimum Gasteiger partial charge on any atom is -0.508 e. The number of hydrogen-bond donors (Lipinski definition) is 1. The number of thioether (sulfide) groups is 1. The van der Waals surface area contributed by atoms with Gasteiger partial charge in [0.1, 0.15) is 11.8 Å². The van der Waals surface area contributed by atoms with Crippen LogP contribution in [0.25, 0.3) is 0 Å². The predicted octanol–water partition coefficient (Wildman–Crippen LogP) is 2.42. The van der Waals surface area contributed by atoms with Crippen molar-refractivity contribution in [1.82, 2.24) is 0 Å². The van der Waals surface area contributed by atoms with Gasteiger partial charge in [0.15, 0.2) is 0 Å². The molecule has 0 bridgehead atoms. The van der Waals surface area contributed by atoms with Crippen LogP contribution in [0.3, 0.4) is 0 Å². The number of hydrogen-bond acceptors (Lipinski definition) is 3. The standard InChI is InChI=1S/C9H9NOS/c1-6-10-8-4-2-3-7(11)5-9(8)12-6/h2-5,8,11H,1H3. The summed E-state index contributed by atoms with van der Waals surface area (Å²) >= 11 is 1.63. The van der Waals surface area contributed by atoms with E-state index in [1.807, 2.05) is 19.1 Å². The van der Waals surface area contributed by atoms with Crippen molar-refractivity contribution in [2.75, 3.05) is 0 Å². The summed E-state index contributed by atoms with van der Waals surface area (Å²) in [6.45, 7) is 1.98. The van der Waals surface area contributed by atoms with Gasteiger partial charge in [-0.1, -0.05) is 23.9 Å². The molecule has 2 rings (SSSR count). The largest absolute Gasteiger partial charge is 0.508 e. The lowest BCUT2D eigenvalue weighted by Gasteiger charge is -1.99. The number of aliphatic imine (C=N–C) groups is 1. The Balaban J connectivity index is 2.36. The molecule has 2 aliphatic rings. The molecule has 0 fully saturated rings. The number of nitrogens with zero attached hydrogens (tertiary/aromatic N) is 1. The van der Waals surface area contributed by atoms with Crippen molar-refractivity contribution in [3.05, 3.63) is 35.0 Å². The molecule has 1 unspecified atom stereocenters. The highest BCUT2D eigenvalue weighted by atomic mass is 32.2. The first-order chi connectivity index (χ1) is 5.75. The molecule has 12 heavy (non-hydrogen) atoms. The molecule has 3 heteroatoms. The van der Waals surface area contributed by atoms with Crippen molar-refractivity contribution in [3.63, 3.8) is 0 Å². The van der Waals surface area contributed by atoms with Gasteiger partial charge in [0, 0.05) is 4.91 Å². The van der Waals surface area contributed by atoms with Crippen LogP contribution >= 0.6 is 11.8 Å². The van der Waals surface area contributed by atoms with Gasteiger partial charge < -0.3 is 5.11 Å². The van der Waals surface area contributed by atoms with Crippen molar-refractivity contribution < 1.29 is 5.11 Å². The summed E-state index contributed by atoms with van der Waals surface area (Å²) in [7, 11) is 0. The molecule has 0 aromatic rings. The average molecular weight is 179 g/mol. The van der Waals surface area contributed by atoms with Crippen molar-refractivity contribution in [3.8, 4) is 0 Å². The van der Waals surface area contributed by atoms with Crippen molar-refractivity contribution in [1.29, 1.82) is 0 Å². The van der Waals surface area contributed by atoms with Gasteiger partial charge in [0.25, 0.3) is 0 Å². The SMILES string of the molecule is CC1=NC2C=CC=C(O)C=C2S1. The lowest BCUT2D eigenvalue weighted by atomic mass is 10.3. The van der Waals surface area contributed by atoms with Crippen LogP contribution in [-0.4, -0.2) is 16.2 Å². The maximum Gasteiger partial charge on any atom is 0.116 e. The molecular weight excluding hydrogens is 170 g/mol. The summed E-state index contributed by atoms with van der Waals surface area (Å²) in [5, 5.41) is 10.4. The third kappa shape index (κ3) is 1.32. The molecule has 0 radical (unpaired) electrons. The minimum absolute atomic E-state index is 0.135. The average Bonchev–Trinajstić information content (AvgIpc) is 2.23. The zero-order valence-electron chi connectivity index (χ0n) is 6.69. The van der Waals surface area contributed by atoms with Crippen LogP contribution in [-0.2, 0) is 0 Å². The van der Waals surface area contributed by atoms with Gasteiger partial charge in [-0.05, 0) is 19.1 Å². The Morgan fingerprint density at radius 1 is 1.58 bits per heavy atom. The van der Waals surface area contributed by atoms with E-state index in [4.69, 9.17) is 0 Å². The molecule has 1 aliphatic carbocycles. The predicted molar refractivity (Wildman–Crippen MR) is 52.4 cm³/mol. The molecular formula is C9H9NOS. The summed E-state index contributed by atoms with van der Waals surface area (Å²) in [4.78, 5) is 5.49. The summed E-state index contributed by atoms with van der Waals surface area (Å²) in [5.74, 6) is 0.307. The highest BCUT2D eigenvalue weighted by Crippen LogP contribution is 2.33. The van der Waals surface area contributed by atoms with Gasteiger partial charge in [-0.2, -0.15) is 0 Å². The number of allylic oxidation sites excluding steroid dienone is 3. The monoisotopic (exact) mass is 179 g/mol. The lowest BCUT2D eigenvalue weighted by Crippen LogP contribution is -1.95. The lowest BCUT2D eigenvalue weighted by molar-refractivity contribution is 0.432. The Morgan fingerprint density at radius 3 is 3.25 bits per heavy atom. The summed E-state index contributed by atoms with van der Waals surface area (Å²) in [6, 6.07) is 0.135. The van der Waals surface area contributed by atoms with Crippen LogP contribution in [0.2, 0.25) is 0 Å². The third-order valence-corrected chi connectivity index (χ3v) is 2.72. The summed E-state index contributed by atoms with van der Waals surface area (Å²) < 4.78 is 0. The zero-order valence-corrected chi connectivity index (χ0v) is 7.51. The first-order valence-corrected chi connectivity index (χ1v) is 4.58. The third-order valence-electron chi connectivity index (χ3n) is 1.73. The molecule has 2 nitrogen and oxygen atoms in total. The van der Waals surface area contributed by atoms with Crippen LogP contribution in [0.1, 0.15) is 6.92 Å². The smallest absolute Gasteiger partial charge is 0.116 e. The first kappa shape index (κ1) is 7.68. The van der Waals surface area contributed by atoms with Gasteiger partial charge in [-0.3, -0.25) is 4.99 Å². The molecule has 0 amide bonds. The minimum atomic E-state index is 0.135. The molecule has 0 saturated heterocycles. The Labute approximate surface area is 75.4 Å². The molecule has 1 heterocycles. The number of fused-ring (bicyclic) bond motifs is 1. The van der Waals surface area contributed by atoms with Crippen molar-refractivity contribution in [2.45, 2.75) is 13.0 Å². The summed E-state index contributed by atoms with van der Waals surface area (Å²) in [5.41, 5.74) is 0. The van der Waals surface area contributed by atoms with E-state index < -0.39 is 0 Å². The van der Waals surface area contributed by atoms with Gasteiger partial charge in [-0.25, -0.2) is 0 Å². The van der Waals surface area contributed by atoms with Gasteiger partial charge in [0.2, 0.25) is 0 Å². The van der Waals surface area contributed by atoms with Crippen LogP contribution in [0.4, 0.5) is 0 Å². The Hall–Kier alpha value is -0.960. The number of rotatable bonds is 0. The van der Waals surface area contributed by atoms with E-state index in [0.717, 1.165) is 9.95 Å². The van der Waals surface area contributed by atoms with Gasteiger partial charge in [0.05, 0.1) is 5.04 Å². The van der Waals surface area contributed by atoms with Crippen LogP contribution in [0.15, 0.2) is 40.0 Å². The number of aliphatic hydroxyl groups excluding tert-OH is 1. The molecule has 0 aromatic heterocycles. The fraction of sp³-hybridized carbons (Fsp3) is 0.222. The van der Waals surface area contributed by atoms with E-state index in [9.17, 15) is 5.11 Å². The molecule has 0 spiro atoms. The Bertz CT molecular complexity index is 325. The van der Waals surface area contributed by atoms with E-state index in [-0.39, 0.29) is 6.04 Å². The second kappa shape index (κ2) is 2.83. The molecule has 0 aromatic carbocycles. The Kier molecular flexibility index (Phi) is 1.81. The van der Waals surface area contributed by atoms with E-state index in [1.54, 1.807) is 23.9 Å². The second-order valence-corrected chi connectivity index (χ2v) is 3.98. The van der Waals surface area contributed by atoms with Crippen molar-refractivity contribution >= 4 is 16.8 Å². The fourth-order valence-corrected chi connectivity index (χ4v) is 2.16. The topological polar surface area (TPSA) is 32.6 Å². The van der Waals surface area contributed by atoms with E-state index in [1.165, 1.54) is 0 Å². The Morgan fingerprint density at radius 2 is 2.42 bits per heavy atom. The quantitative estimate of drug-likeness (QED) is 0.619. The van der Waals surface area contributed by atoms with Crippen LogP contribution in [0, 0.1) is 0 Å². The normalized spacial score (nSPS) is 27.1. The van der Waals surface area contributed by atoms with Crippen LogP contribution < -0.4 is 0 Å². The zero-order chi connectivity index (χ0) is 8.55. The van der Waals surface area contributed by atoms with Gasteiger partial charge in [-0.15, -0.1) is 0 Å². The molecule has 1 N–H and O–H groups in total. The van der Waals surface area contributed by atoms with Crippen molar-refractivity contribution in [2.24, 2.45) is 4.99 Å². The van der Waals surface area contributed by atoms with E-state index >= 15 is 0 Å². The molecule has 1 aliphatic heterocycles. The van der Waals surface area contributed by atoms with Crippen LogP contribution in [0.5, 0.6) is 0 Å². The maximum atomic E-state index is 9.29. The molecule has 62 valence electrons. The number of aliphatic hydroxyl groups is 1. The fourth-order valence-electron chi connectivity index (χ4n) is 1.22. The second-order valence-electron chi connectivity index (χ2n) is 2.72.